The lowest BCUT2D eigenvalue weighted by Crippen LogP contribution is -2.00. The minimum atomic E-state index is -0.687. The van der Waals surface area contributed by atoms with Crippen molar-refractivity contribution < 1.29 is 17.9 Å². The number of oxazole rings is 1. The summed E-state index contributed by atoms with van der Waals surface area (Å²) in [6.07, 6.45) is 17.9. The van der Waals surface area contributed by atoms with Gasteiger partial charge in [-0.15, -0.1) is 0 Å². The lowest BCUT2D eigenvalue weighted by Gasteiger charge is -2.12. The average Bonchev–Trinajstić information content (AvgIpc) is 3.38. The standard InChI is InChI=1S/C35H42ClF2NO2/c1-2-3-4-5-6-7-8-9-10-11-12-13-14-17-22-40-27-24-30(37)34(31(38)25-27)28-18-15-16-19-29(28)35-39-32-23-26(36)20-21-33(32)41-35/h15-16,18-21,23-25H,2-14,17,22H2,1H3. The molecule has 0 atom stereocenters. The molecule has 0 spiro atoms. The van der Waals surface area contributed by atoms with Crippen molar-refractivity contribution in [2.24, 2.45) is 0 Å². The molecule has 0 aliphatic heterocycles. The number of nitrogens with zero attached hydrogens (tertiary/aromatic N) is 1. The highest BCUT2D eigenvalue weighted by molar-refractivity contribution is 6.31. The molecule has 0 aliphatic rings. The Labute approximate surface area is 248 Å². The average molecular weight is 582 g/mol. The van der Waals surface area contributed by atoms with E-state index in [2.05, 4.69) is 11.9 Å². The Morgan fingerprint density at radius 1 is 0.707 bits per heavy atom. The second-order valence-electron chi connectivity index (χ2n) is 10.9. The molecular weight excluding hydrogens is 540 g/mol. The number of unbranched alkanes of at least 4 members (excludes halogenated alkanes) is 13. The fourth-order valence-electron chi connectivity index (χ4n) is 5.28. The molecule has 0 bridgehead atoms. The smallest absolute Gasteiger partial charge is 0.227 e. The summed E-state index contributed by atoms with van der Waals surface area (Å²) >= 11 is 6.07. The molecule has 220 valence electrons. The number of rotatable bonds is 18. The number of halogens is 3. The Hall–Kier alpha value is -2.92. The SMILES string of the molecule is CCCCCCCCCCCCCCCCOc1cc(F)c(-c2ccccc2-c2nc3cc(Cl)ccc3o2)c(F)c1. The molecule has 0 aliphatic carbocycles. The van der Waals surface area contributed by atoms with Crippen LogP contribution in [-0.4, -0.2) is 11.6 Å². The Morgan fingerprint density at radius 2 is 1.27 bits per heavy atom. The molecule has 4 rings (SSSR count). The Bertz CT molecular complexity index is 1350. The molecule has 1 heterocycles. The van der Waals surface area contributed by atoms with Crippen molar-refractivity contribution >= 4 is 22.7 Å². The molecular formula is C35H42ClF2NO2. The van der Waals surface area contributed by atoms with Crippen LogP contribution in [0, 0.1) is 11.6 Å². The summed E-state index contributed by atoms with van der Waals surface area (Å²) in [6, 6.07) is 14.5. The van der Waals surface area contributed by atoms with Gasteiger partial charge in [-0.1, -0.05) is 120 Å². The third-order valence-corrected chi connectivity index (χ3v) is 7.79. The van der Waals surface area contributed by atoms with Crippen LogP contribution >= 0.6 is 11.6 Å². The highest BCUT2D eigenvalue weighted by atomic mass is 35.5. The molecule has 4 aromatic rings. The normalized spacial score (nSPS) is 11.4. The number of fused-ring (bicyclic) bond motifs is 1. The molecule has 1 aromatic heterocycles. The van der Waals surface area contributed by atoms with Gasteiger partial charge in [0.25, 0.3) is 0 Å². The zero-order valence-corrected chi connectivity index (χ0v) is 25.0. The largest absolute Gasteiger partial charge is 0.493 e. The van der Waals surface area contributed by atoms with Crippen LogP contribution in [0.15, 0.2) is 59.0 Å². The van der Waals surface area contributed by atoms with E-state index in [1.807, 2.05) is 0 Å². The molecule has 6 heteroatoms. The fourth-order valence-corrected chi connectivity index (χ4v) is 5.45. The molecule has 0 radical (unpaired) electrons. The second-order valence-corrected chi connectivity index (χ2v) is 11.3. The first kappa shape index (κ1) is 31.0. The fraction of sp³-hybridized carbons (Fsp3) is 0.457. The van der Waals surface area contributed by atoms with Gasteiger partial charge in [0.15, 0.2) is 5.58 Å². The van der Waals surface area contributed by atoms with E-state index < -0.39 is 11.6 Å². The zero-order valence-electron chi connectivity index (χ0n) is 24.2. The van der Waals surface area contributed by atoms with Crippen LogP contribution in [0.1, 0.15) is 96.8 Å². The van der Waals surface area contributed by atoms with E-state index in [1.165, 1.54) is 89.2 Å². The van der Waals surface area contributed by atoms with Gasteiger partial charge in [0.1, 0.15) is 22.9 Å². The first-order valence-electron chi connectivity index (χ1n) is 15.3. The number of ether oxygens (including phenoxy) is 1. The topological polar surface area (TPSA) is 35.3 Å². The Balaban J connectivity index is 1.22. The predicted molar refractivity (Wildman–Crippen MR) is 166 cm³/mol. The second kappa shape index (κ2) is 16.5. The van der Waals surface area contributed by atoms with Gasteiger partial charge in [-0.3, -0.25) is 0 Å². The monoisotopic (exact) mass is 581 g/mol. The van der Waals surface area contributed by atoms with Crippen LogP contribution in [0.4, 0.5) is 8.78 Å². The van der Waals surface area contributed by atoms with Crippen LogP contribution in [0.2, 0.25) is 5.02 Å². The minimum Gasteiger partial charge on any atom is -0.493 e. The Kier molecular flexibility index (Phi) is 12.5. The van der Waals surface area contributed by atoms with E-state index in [0.29, 0.717) is 33.9 Å². The quantitative estimate of drug-likeness (QED) is 0.110. The third kappa shape index (κ3) is 9.29. The highest BCUT2D eigenvalue weighted by Crippen LogP contribution is 2.37. The zero-order chi connectivity index (χ0) is 28.9. The maximum atomic E-state index is 15.3. The van der Waals surface area contributed by atoms with Gasteiger partial charge in [-0.2, -0.15) is 0 Å². The van der Waals surface area contributed by atoms with Gasteiger partial charge in [0.05, 0.1) is 12.2 Å². The summed E-state index contributed by atoms with van der Waals surface area (Å²) in [7, 11) is 0. The van der Waals surface area contributed by atoms with Crippen molar-refractivity contribution in [3.8, 4) is 28.3 Å². The van der Waals surface area contributed by atoms with Crippen molar-refractivity contribution in [1.82, 2.24) is 4.98 Å². The van der Waals surface area contributed by atoms with Crippen LogP contribution in [0.5, 0.6) is 5.75 Å². The van der Waals surface area contributed by atoms with Crippen molar-refractivity contribution in [3.63, 3.8) is 0 Å². The van der Waals surface area contributed by atoms with E-state index in [4.69, 9.17) is 20.8 Å². The van der Waals surface area contributed by atoms with Gasteiger partial charge in [-0.25, -0.2) is 13.8 Å². The van der Waals surface area contributed by atoms with Gasteiger partial charge in [-0.05, 0) is 30.7 Å². The van der Waals surface area contributed by atoms with E-state index >= 15 is 8.78 Å². The van der Waals surface area contributed by atoms with Crippen molar-refractivity contribution in [2.75, 3.05) is 6.61 Å². The van der Waals surface area contributed by atoms with Gasteiger partial charge >= 0.3 is 0 Å². The molecule has 0 saturated carbocycles. The van der Waals surface area contributed by atoms with E-state index in [9.17, 15) is 0 Å². The van der Waals surface area contributed by atoms with E-state index in [0.717, 1.165) is 12.8 Å². The molecule has 0 unspecified atom stereocenters. The van der Waals surface area contributed by atoms with Crippen LogP contribution < -0.4 is 4.74 Å². The lowest BCUT2D eigenvalue weighted by molar-refractivity contribution is 0.301. The van der Waals surface area contributed by atoms with Crippen LogP contribution in [0.25, 0.3) is 33.7 Å². The Morgan fingerprint density at radius 3 is 1.88 bits per heavy atom. The summed E-state index contributed by atoms with van der Waals surface area (Å²) in [5.41, 5.74) is 1.85. The number of hydrogen-bond donors (Lipinski definition) is 0. The molecule has 0 amide bonds. The third-order valence-electron chi connectivity index (χ3n) is 7.56. The van der Waals surface area contributed by atoms with Gasteiger partial charge < -0.3 is 9.15 Å². The maximum Gasteiger partial charge on any atom is 0.227 e. The summed E-state index contributed by atoms with van der Waals surface area (Å²) in [4.78, 5) is 4.49. The molecule has 0 saturated heterocycles. The summed E-state index contributed by atoms with van der Waals surface area (Å²) < 4.78 is 42.1. The predicted octanol–water partition coefficient (Wildman–Crippen LogP) is 12.0. The van der Waals surface area contributed by atoms with E-state index in [1.54, 1.807) is 42.5 Å². The maximum absolute atomic E-state index is 15.3. The highest BCUT2D eigenvalue weighted by Gasteiger charge is 2.20. The minimum absolute atomic E-state index is 0.135. The number of benzene rings is 3. The van der Waals surface area contributed by atoms with Crippen LogP contribution in [-0.2, 0) is 0 Å². The van der Waals surface area contributed by atoms with Crippen molar-refractivity contribution in [2.45, 2.75) is 96.8 Å². The van der Waals surface area contributed by atoms with Gasteiger partial charge in [0, 0.05) is 28.3 Å². The lowest BCUT2D eigenvalue weighted by atomic mass is 9.98. The number of hydrogen-bond acceptors (Lipinski definition) is 3. The first-order valence-corrected chi connectivity index (χ1v) is 15.7. The molecule has 0 N–H and O–H groups in total. The number of aromatic nitrogens is 1. The molecule has 0 fully saturated rings. The van der Waals surface area contributed by atoms with Gasteiger partial charge in [0.2, 0.25) is 5.89 Å². The first-order chi connectivity index (χ1) is 20.1. The van der Waals surface area contributed by atoms with E-state index in [-0.39, 0.29) is 17.2 Å². The summed E-state index contributed by atoms with van der Waals surface area (Å²) in [5, 5.41) is 0.535. The molecule has 3 aromatic carbocycles. The van der Waals surface area contributed by atoms with Crippen molar-refractivity contribution in [1.29, 1.82) is 0 Å². The summed E-state index contributed by atoms with van der Waals surface area (Å²) in [6.45, 7) is 2.70. The summed E-state index contributed by atoms with van der Waals surface area (Å²) in [5.74, 6) is -0.901. The van der Waals surface area contributed by atoms with Crippen LogP contribution in [0.3, 0.4) is 0 Å². The van der Waals surface area contributed by atoms with Crippen molar-refractivity contribution in [3.05, 3.63) is 71.3 Å². The molecule has 3 nitrogen and oxygen atoms in total. The molecule has 41 heavy (non-hydrogen) atoms.